The summed E-state index contributed by atoms with van der Waals surface area (Å²) in [5.74, 6) is 2.03. The van der Waals surface area contributed by atoms with E-state index >= 15 is 0 Å². The monoisotopic (exact) mass is 265 g/mol. The lowest BCUT2D eigenvalue weighted by molar-refractivity contribution is 0.280. The molecule has 1 N–H and O–H groups in total. The van der Waals surface area contributed by atoms with Crippen LogP contribution >= 0.6 is 11.3 Å². The lowest BCUT2D eigenvalue weighted by Crippen LogP contribution is -2.17. The van der Waals surface area contributed by atoms with E-state index in [1.165, 1.54) is 5.56 Å². The minimum absolute atomic E-state index is 0.779. The number of nitrogens with one attached hydrogen (secondary N) is 1. The van der Waals surface area contributed by atoms with E-state index in [-0.39, 0.29) is 0 Å². The van der Waals surface area contributed by atoms with E-state index in [4.69, 9.17) is 4.42 Å². The van der Waals surface area contributed by atoms with Crippen LogP contribution in [0.25, 0.3) is 0 Å². The second-order valence-electron chi connectivity index (χ2n) is 4.50. The van der Waals surface area contributed by atoms with Gasteiger partial charge in [0, 0.05) is 11.9 Å². The maximum atomic E-state index is 5.82. The van der Waals surface area contributed by atoms with Crippen LogP contribution in [0.1, 0.15) is 22.8 Å². The Bertz CT molecular complexity index is 478. The Morgan fingerprint density at radius 1 is 1.44 bits per heavy atom. The second kappa shape index (κ2) is 6.13. The molecule has 0 amide bonds. The fourth-order valence-corrected chi connectivity index (χ4v) is 2.47. The molecule has 18 heavy (non-hydrogen) atoms. The van der Waals surface area contributed by atoms with E-state index in [9.17, 15) is 0 Å². The summed E-state index contributed by atoms with van der Waals surface area (Å²) >= 11 is 1.63. The van der Waals surface area contributed by atoms with E-state index in [2.05, 4.69) is 40.6 Å². The molecule has 0 radical (unpaired) electrons. The van der Waals surface area contributed by atoms with E-state index in [0.717, 1.165) is 36.8 Å². The highest BCUT2D eigenvalue weighted by molar-refractivity contribution is 7.07. The molecular weight excluding hydrogens is 246 g/mol. The first-order chi connectivity index (χ1) is 8.69. The molecule has 2 aromatic heterocycles. The fraction of sp³-hybridized carbons (Fsp3) is 0.462. The van der Waals surface area contributed by atoms with Gasteiger partial charge in [-0.05, 0) is 32.6 Å². The first kappa shape index (κ1) is 13.3. The molecule has 2 aromatic rings. The molecule has 2 heterocycles. The van der Waals surface area contributed by atoms with Crippen LogP contribution in [0.4, 0.5) is 0 Å². The predicted octanol–water partition coefficient (Wildman–Crippen LogP) is 2.40. The summed E-state index contributed by atoms with van der Waals surface area (Å²) in [5.41, 5.74) is 4.19. The fourth-order valence-electron chi connectivity index (χ4n) is 1.92. The van der Waals surface area contributed by atoms with Gasteiger partial charge in [-0.15, -0.1) is 11.3 Å². The first-order valence-corrected chi connectivity index (χ1v) is 6.91. The van der Waals surface area contributed by atoms with Gasteiger partial charge in [-0.1, -0.05) is 0 Å². The maximum Gasteiger partial charge on any atom is 0.120 e. The first-order valence-electron chi connectivity index (χ1n) is 5.97. The molecular formula is C13H19N3OS. The van der Waals surface area contributed by atoms with Gasteiger partial charge >= 0.3 is 0 Å². The van der Waals surface area contributed by atoms with Gasteiger partial charge in [0.15, 0.2) is 0 Å². The lowest BCUT2D eigenvalue weighted by atomic mass is 10.2. The summed E-state index contributed by atoms with van der Waals surface area (Å²) in [6, 6.07) is 2.12. The highest BCUT2D eigenvalue weighted by atomic mass is 32.1. The number of thiazole rings is 1. The summed E-state index contributed by atoms with van der Waals surface area (Å²) in [5, 5.41) is 5.19. The van der Waals surface area contributed by atoms with Gasteiger partial charge in [0.25, 0.3) is 0 Å². The minimum Gasteiger partial charge on any atom is -0.463 e. The largest absolute Gasteiger partial charge is 0.463 e. The van der Waals surface area contributed by atoms with Crippen molar-refractivity contribution in [2.24, 2.45) is 0 Å². The SMILES string of the molecule is CNCc1oc(CN(C)Cc2cscn2)cc1C. The van der Waals surface area contributed by atoms with E-state index in [0.29, 0.717) is 0 Å². The van der Waals surface area contributed by atoms with Crippen LogP contribution in [-0.2, 0) is 19.6 Å². The van der Waals surface area contributed by atoms with Crippen LogP contribution in [0, 0.1) is 6.92 Å². The number of hydrogen-bond acceptors (Lipinski definition) is 5. The summed E-state index contributed by atoms with van der Waals surface area (Å²) in [6.07, 6.45) is 0. The van der Waals surface area contributed by atoms with Crippen LogP contribution in [-0.4, -0.2) is 24.0 Å². The molecule has 0 aliphatic heterocycles. The summed E-state index contributed by atoms with van der Waals surface area (Å²) < 4.78 is 5.82. The van der Waals surface area contributed by atoms with Gasteiger partial charge < -0.3 is 9.73 Å². The highest BCUT2D eigenvalue weighted by Crippen LogP contribution is 2.16. The van der Waals surface area contributed by atoms with Crippen molar-refractivity contribution in [3.8, 4) is 0 Å². The van der Waals surface area contributed by atoms with Crippen molar-refractivity contribution < 1.29 is 4.42 Å². The molecule has 2 rings (SSSR count). The summed E-state index contributed by atoms with van der Waals surface area (Å²) in [6.45, 7) is 4.52. The van der Waals surface area contributed by atoms with Crippen LogP contribution < -0.4 is 5.32 Å². The van der Waals surface area contributed by atoms with Crippen molar-refractivity contribution in [2.75, 3.05) is 14.1 Å². The molecule has 0 saturated heterocycles. The molecule has 0 aliphatic rings. The van der Waals surface area contributed by atoms with Crippen molar-refractivity contribution >= 4 is 11.3 Å². The Morgan fingerprint density at radius 3 is 2.94 bits per heavy atom. The zero-order valence-corrected chi connectivity index (χ0v) is 11.9. The highest BCUT2D eigenvalue weighted by Gasteiger charge is 2.09. The Hall–Kier alpha value is -1.17. The van der Waals surface area contributed by atoms with Crippen molar-refractivity contribution in [1.82, 2.24) is 15.2 Å². The molecule has 0 saturated carbocycles. The van der Waals surface area contributed by atoms with Crippen molar-refractivity contribution in [3.63, 3.8) is 0 Å². The normalized spacial score (nSPS) is 11.3. The number of aryl methyl sites for hydroxylation is 1. The predicted molar refractivity (Wildman–Crippen MR) is 73.5 cm³/mol. The number of nitrogens with zero attached hydrogens (tertiary/aromatic N) is 2. The molecule has 0 atom stereocenters. The van der Waals surface area contributed by atoms with Gasteiger partial charge in [0.1, 0.15) is 11.5 Å². The van der Waals surface area contributed by atoms with Crippen molar-refractivity contribution in [3.05, 3.63) is 39.7 Å². The zero-order chi connectivity index (χ0) is 13.0. The molecule has 4 nitrogen and oxygen atoms in total. The number of furan rings is 1. The third kappa shape index (κ3) is 3.41. The maximum absolute atomic E-state index is 5.82. The number of hydrogen-bond donors (Lipinski definition) is 1. The Labute approximate surface area is 112 Å². The lowest BCUT2D eigenvalue weighted by Gasteiger charge is -2.13. The second-order valence-corrected chi connectivity index (χ2v) is 5.22. The van der Waals surface area contributed by atoms with Crippen molar-refractivity contribution in [2.45, 2.75) is 26.6 Å². The molecule has 0 aliphatic carbocycles. The molecule has 0 aromatic carbocycles. The van der Waals surface area contributed by atoms with Crippen LogP contribution in [0.5, 0.6) is 0 Å². The van der Waals surface area contributed by atoms with E-state index in [1.807, 2.05) is 12.6 Å². The van der Waals surface area contributed by atoms with Crippen LogP contribution in [0.2, 0.25) is 0 Å². The standard InChI is InChI=1S/C13H19N3OS/c1-10-4-12(17-13(10)5-14-2)7-16(3)6-11-8-18-9-15-11/h4,8-9,14H,5-7H2,1-3H3. The third-order valence-corrected chi connectivity index (χ3v) is 3.39. The molecule has 0 spiro atoms. The Morgan fingerprint density at radius 2 is 2.28 bits per heavy atom. The van der Waals surface area contributed by atoms with E-state index in [1.54, 1.807) is 11.3 Å². The molecule has 98 valence electrons. The zero-order valence-electron chi connectivity index (χ0n) is 11.1. The van der Waals surface area contributed by atoms with Crippen molar-refractivity contribution in [1.29, 1.82) is 0 Å². The molecule has 0 bridgehead atoms. The van der Waals surface area contributed by atoms with Gasteiger partial charge in [0.2, 0.25) is 0 Å². The average Bonchev–Trinajstić information content (AvgIpc) is 2.90. The average molecular weight is 265 g/mol. The minimum atomic E-state index is 0.779. The van der Waals surface area contributed by atoms with Crippen LogP contribution in [0.3, 0.4) is 0 Å². The van der Waals surface area contributed by atoms with Gasteiger partial charge in [0.05, 0.1) is 24.3 Å². The van der Waals surface area contributed by atoms with Gasteiger partial charge in [-0.25, -0.2) is 4.98 Å². The van der Waals surface area contributed by atoms with Crippen LogP contribution in [0.15, 0.2) is 21.4 Å². The quantitative estimate of drug-likeness (QED) is 0.871. The Kier molecular flexibility index (Phi) is 4.52. The number of rotatable bonds is 6. The Balaban J connectivity index is 1.94. The molecule has 0 unspecified atom stereocenters. The van der Waals surface area contributed by atoms with E-state index < -0.39 is 0 Å². The molecule has 5 heteroatoms. The number of aromatic nitrogens is 1. The molecule has 0 fully saturated rings. The van der Waals surface area contributed by atoms with Gasteiger partial charge in [-0.2, -0.15) is 0 Å². The third-order valence-electron chi connectivity index (χ3n) is 2.75. The topological polar surface area (TPSA) is 41.3 Å². The smallest absolute Gasteiger partial charge is 0.120 e. The van der Waals surface area contributed by atoms with Gasteiger partial charge in [-0.3, -0.25) is 4.90 Å². The summed E-state index contributed by atoms with van der Waals surface area (Å²) in [4.78, 5) is 6.49. The summed E-state index contributed by atoms with van der Waals surface area (Å²) in [7, 11) is 4.00.